The van der Waals surface area contributed by atoms with Gasteiger partial charge in [0, 0.05) is 0 Å². The number of rotatable bonds is 0. The monoisotopic (exact) mass is 218 g/mol. The summed E-state index contributed by atoms with van der Waals surface area (Å²) in [7, 11) is -2.92. The zero-order valence-corrected chi connectivity index (χ0v) is 9.60. The van der Waals surface area contributed by atoms with E-state index in [2.05, 4.69) is 0 Å². The normalized spacial score (nSPS) is 3.86. The zero-order chi connectivity index (χ0) is 3.58. The summed E-state index contributed by atoms with van der Waals surface area (Å²) in [5.74, 6) is 0. The molecule has 0 N–H and O–H groups in total. The Kier molecular flexibility index (Phi) is 51.4. The van der Waals surface area contributed by atoms with E-state index in [1.54, 1.807) is 0 Å². The maximum atomic E-state index is 8.42. The standard InChI is InChI=1S/BO3.BrH.2Ca/c2-1(3)4;;;/h;1H;;/q-3;;2*+2/p-1. The molecule has 0 fully saturated rings. The van der Waals surface area contributed by atoms with Crippen LogP contribution >= 0.6 is 0 Å². The Morgan fingerprint density at radius 1 is 0.857 bits per heavy atom. The summed E-state index contributed by atoms with van der Waals surface area (Å²) >= 11 is 0. The van der Waals surface area contributed by atoms with Gasteiger partial charge in [-0.3, -0.25) is 7.32 Å². The average Bonchev–Trinajstić information content (AvgIpc) is 0.811. The molecule has 3 nitrogen and oxygen atoms in total. The second kappa shape index (κ2) is 16.0. The Morgan fingerprint density at radius 2 is 0.857 bits per heavy atom. The topological polar surface area (TPSA) is 69.2 Å². The van der Waals surface area contributed by atoms with Crippen LogP contribution in [0.2, 0.25) is 0 Å². The van der Waals surface area contributed by atoms with E-state index >= 15 is 0 Å². The van der Waals surface area contributed by atoms with Crippen molar-refractivity contribution < 1.29 is 32.1 Å². The van der Waals surface area contributed by atoms with Crippen molar-refractivity contribution in [3.63, 3.8) is 0 Å². The number of halogens is 1. The van der Waals surface area contributed by atoms with Gasteiger partial charge in [0.25, 0.3) is 0 Å². The summed E-state index contributed by atoms with van der Waals surface area (Å²) in [6.45, 7) is 0. The van der Waals surface area contributed by atoms with Crippen LogP contribution in [0.15, 0.2) is 0 Å². The van der Waals surface area contributed by atoms with Gasteiger partial charge in [0.2, 0.25) is 0 Å². The van der Waals surface area contributed by atoms with Gasteiger partial charge in [0.05, 0.1) is 0 Å². The summed E-state index contributed by atoms with van der Waals surface area (Å²) in [5, 5.41) is 25.2. The molecule has 0 saturated heterocycles. The summed E-state index contributed by atoms with van der Waals surface area (Å²) in [6, 6.07) is 0. The van der Waals surface area contributed by atoms with Crippen LogP contribution in [0.25, 0.3) is 0 Å². The predicted molar refractivity (Wildman–Crippen MR) is 17.3 cm³/mol. The summed E-state index contributed by atoms with van der Waals surface area (Å²) in [6.07, 6.45) is 0. The SMILES string of the molecule is [Br-].[Ca+2].[Ca+2].[O-]B([O-])[O-]. The van der Waals surface area contributed by atoms with Crippen LogP contribution in [0.4, 0.5) is 0 Å². The first-order valence-corrected chi connectivity index (χ1v) is 0.707. The molecule has 0 saturated carbocycles. The molecule has 0 aliphatic carbocycles. The third-order valence-electron chi connectivity index (χ3n) is 0. The molecule has 0 rings (SSSR count). The van der Waals surface area contributed by atoms with Crippen LogP contribution in [-0.4, -0.2) is 82.8 Å². The minimum absolute atomic E-state index is 0. The molecule has 0 atom stereocenters. The molecular formula is BBrCa2O3. The maximum Gasteiger partial charge on any atom is 2.00 e. The largest absolute Gasteiger partial charge is 2.00 e. The van der Waals surface area contributed by atoms with Gasteiger partial charge >= 0.3 is 75.5 Å². The van der Waals surface area contributed by atoms with Gasteiger partial charge in [-0.15, -0.1) is 0 Å². The molecule has 7 heteroatoms. The number of hydrogen-bond acceptors (Lipinski definition) is 3. The van der Waals surface area contributed by atoms with Gasteiger partial charge in [0.15, 0.2) is 0 Å². The number of hydrogen-bond donors (Lipinski definition) is 0. The second-order valence-electron chi connectivity index (χ2n) is 0.289. The Morgan fingerprint density at radius 3 is 0.857 bits per heavy atom. The first-order valence-electron chi connectivity index (χ1n) is 0.707. The Labute approximate surface area is 112 Å². The smallest absolute Gasteiger partial charge is 1.00 e. The first-order chi connectivity index (χ1) is 1.73. The van der Waals surface area contributed by atoms with Gasteiger partial charge in [-0.1, -0.05) is 0 Å². The van der Waals surface area contributed by atoms with Gasteiger partial charge in [0.1, 0.15) is 0 Å². The maximum absolute atomic E-state index is 8.42. The predicted octanol–water partition coefficient (Wildman–Crippen LogP) is -7.71. The fourth-order valence-corrected chi connectivity index (χ4v) is 0. The van der Waals surface area contributed by atoms with E-state index in [1.165, 1.54) is 0 Å². The Bertz CT molecular complexity index is 17.7. The van der Waals surface area contributed by atoms with Crippen LogP contribution in [0, 0.1) is 0 Å². The first kappa shape index (κ1) is 22.5. The van der Waals surface area contributed by atoms with Crippen molar-refractivity contribution in [1.29, 1.82) is 0 Å². The molecule has 0 aromatic carbocycles. The molecule has 0 aromatic heterocycles. The van der Waals surface area contributed by atoms with E-state index < -0.39 is 7.32 Å². The van der Waals surface area contributed by atoms with E-state index in [9.17, 15) is 0 Å². The molecule has 32 valence electrons. The van der Waals surface area contributed by atoms with Gasteiger partial charge < -0.3 is 32.1 Å². The fraction of sp³-hybridized carbons (Fsp3) is 0. The molecule has 0 aliphatic heterocycles. The molecule has 0 bridgehead atoms. The van der Waals surface area contributed by atoms with Crippen molar-refractivity contribution in [3.05, 3.63) is 0 Å². The Balaban J connectivity index is -0.0000000150. The summed E-state index contributed by atoms with van der Waals surface area (Å²) < 4.78 is 0. The fourth-order valence-electron chi connectivity index (χ4n) is 0. The molecule has 0 unspecified atom stereocenters. The third kappa shape index (κ3) is 49.8. The molecule has 7 heavy (non-hydrogen) atoms. The van der Waals surface area contributed by atoms with Crippen molar-refractivity contribution in [2.24, 2.45) is 0 Å². The zero-order valence-electron chi connectivity index (χ0n) is 3.59. The molecule has 0 aliphatic rings. The van der Waals surface area contributed by atoms with Gasteiger partial charge in [-0.2, -0.15) is 0 Å². The summed E-state index contributed by atoms with van der Waals surface area (Å²) in [5.41, 5.74) is 0. The van der Waals surface area contributed by atoms with Gasteiger partial charge in [-0.25, -0.2) is 0 Å². The average molecular weight is 219 g/mol. The molecule has 0 spiro atoms. The van der Waals surface area contributed by atoms with Crippen molar-refractivity contribution in [2.45, 2.75) is 0 Å². The van der Waals surface area contributed by atoms with Crippen LogP contribution in [-0.2, 0) is 0 Å². The van der Waals surface area contributed by atoms with Crippen LogP contribution in [0.3, 0.4) is 0 Å². The molecule has 0 heterocycles. The Hall–Kier alpha value is 2.94. The molecule has 0 amide bonds. The van der Waals surface area contributed by atoms with E-state index in [4.69, 9.17) is 15.1 Å². The van der Waals surface area contributed by atoms with Crippen LogP contribution in [0.5, 0.6) is 0 Å². The van der Waals surface area contributed by atoms with Crippen molar-refractivity contribution >= 4 is 82.8 Å². The second-order valence-corrected chi connectivity index (χ2v) is 0.289. The van der Waals surface area contributed by atoms with Crippen LogP contribution in [0.1, 0.15) is 0 Å². The molecule has 0 aromatic rings. The van der Waals surface area contributed by atoms with E-state index in [1.807, 2.05) is 0 Å². The van der Waals surface area contributed by atoms with Crippen LogP contribution < -0.4 is 32.1 Å². The summed E-state index contributed by atoms with van der Waals surface area (Å²) in [4.78, 5) is 0. The van der Waals surface area contributed by atoms with Crippen molar-refractivity contribution in [1.82, 2.24) is 0 Å². The van der Waals surface area contributed by atoms with Gasteiger partial charge in [-0.05, 0) is 0 Å². The van der Waals surface area contributed by atoms with E-state index in [0.29, 0.717) is 0 Å². The minimum Gasteiger partial charge on any atom is -1.00 e. The third-order valence-corrected chi connectivity index (χ3v) is 0. The minimum atomic E-state index is -2.92. The van der Waals surface area contributed by atoms with E-state index in [0.717, 1.165) is 0 Å². The van der Waals surface area contributed by atoms with E-state index in [-0.39, 0.29) is 92.5 Å². The molecular weight excluding hydrogens is 219 g/mol. The van der Waals surface area contributed by atoms with Crippen molar-refractivity contribution in [2.75, 3.05) is 0 Å². The molecule has 0 radical (unpaired) electrons. The quantitative estimate of drug-likeness (QED) is 0.380. The van der Waals surface area contributed by atoms with Crippen molar-refractivity contribution in [3.8, 4) is 0 Å².